The van der Waals surface area contributed by atoms with Crippen LogP contribution in [0.2, 0.25) is 0 Å². The van der Waals surface area contributed by atoms with Crippen LogP contribution >= 0.6 is 0 Å². The molecule has 1 aromatic carbocycles. The molecule has 0 heterocycles. The van der Waals surface area contributed by atoms with Gasteiger partial charge in [-0.3, -0.25) is 9.35 Å². The highest BCUT2D eigenvalue weighted by molar-refractivity contribution is 7.85. The Bertz CT molecular complexity index is 685. The van der Waals surface area contributed by atoms with E-state index in [1.165, 1.54) is 31.2 Å². The van der Waals surface area contributed by atoms with Crippen molar-refractivity contribution in [2.45, 2.75) is 51.9 Å². The Morgan fingerprint density at radius 2 is 1.64 bits per heavy atom. The van der Waals surface area contributed by atoms with Crippen molar-refractivity contribution in [1.29, 1.82) is 0 Å². The minimum absolute atomic E-state index is 0.0609. The first kappa shape index (κ1) is 24.6. The quantitative estimate of drug-likeness (QED) is 0.278. The zero-order valence-electron chi connectivity index (χ0n) is 17.6. The van der Waals surface area contributed by atoms with Gasteiger partial charge in [-0.2, -0.15) is 8.42 Å². The van der Waals surface area contributed by atoms with E-state index in [0.717, 1.165) is 19.4 Å². The second kappa shape index (κ2) is 12.2. The molecule has 0 atom stereocenters. The number of benzene rings is 1. The molecule has 1 aromatic rings. The molecule has 160 valence electrons. The molecule has 0 aromatic heterocycles. The third-order valence-corrected chi connectivity index (χ3v) is 5.73. The van der Waals surface area contributed by atoms with Gasteiger partial charge in [0, 0.05) is 24.9 Å². The molecular formula is C21H37N2O4S+. The Kier molecular flexibility index (Phi) is 10.7. The van der Waals surface area contributed by atoms with Crippen LogP contribution in [0, 0.1) is 0 Å². The summed E-state index contributed by atoms with van der Waals surface area (Å²) >= 11 is 0. The number of nitrogens with zero attached hydrogens (tertiary/aromatic N) is 1. The van der Waals surface area contributed by atoms with E-state index < -0.39 is 10.1 Å². The van der Waals surface area contributed by atoms with Crippen LogP contribution in [0.1, 0.15) is 61.4 Å². The normalized spacial score (nSPS) is 12.1. The number of amides is 1. The number of quaternary nitrogens is 1. The highest BCUT2D eigenvalue weighted by Crippen LogP contribution is 2.10. The number of unbranched alkanes of at least 4 members (excludes halogenated alkanes) is 3. The molecule has 28 heavy (non-hydrogen) atoms. The molecule has 6 nitrogen and oxygen atoms in total. The molecule has 0 fully saturated rings. The van der Waals surface area contributed by atoms with Gasteiger partial charge in [0.25, 0.3) is 16.0 Å². The van der Waals surface area contributed by atoms with Crippen molar-refractivity contribution in [3.8, 4) is 0 Å². The highest BCUT2D eigenvalue weighted by Gasteiger charge is 2.16. The number of hydrogen-bond donors (Lipinski definition) is 2. The van der Waals surface area contributed by atoms with Crippen LogP contribution in [0.15, 0.2) is 24.3 Å². The molecule has 0 aliphatic carbocycles. The lowest BCUT2D eigenvalue weighted by molar-refractivity contribution is -0.890. The van der Waals surface area contributed by atoms with Crippen LogP contribution in [0.5, 0.6) is 0 Å². The largest absolute Gasteiger partial charge is 0.352 e. The average molecular weight is 414 g/mol. The first-order chi connectivity index (χ1) is 13.1. The van der Waals surface area contributed by atoms with Crippen molar-refractivity contribution in [2.75, 3.05) is 39.5 Å². The molecule has 0 bridgehead atoms. The fourth-order valence-electron chi connectivity index (χ4n) is 3.18. The van der Waals surface area contributed by atoms with Crippen molar-refractivity contribution >= 4 is 16.0 Å². The van der Waals surface area contributed by atoms with Gasteiger partial charge in [0.1, 0.15) is 0 Å². The van der Waals surface area contributed by atoms with Crippen molar-refractivity contribution in [3.63, 3.8) is 0 Å². The van der Waals surface area contributed by atoms with E-state index in [1.807, 2.05) is 38.4 Å². The Balaban J connectivity index is 2.28. The molecule has 7 heteroatoms. The Morgan fingerprint density at radius 1 is 1.00 bits per heavy atom. The first-order valence-corrected chi connectivity index (χ1v) is 11.9. The van der Waals surface area contributed by atoms with Crippen molar-refractivity contribution in [3.05, 3.63) is 35.4 Å². The predicted octanol–water partition coefficient (Wildman–Crippen LogP) is 3.28. The van der Waals surface area contributed by atoms with Crippen LogP contribution in [0.25, 0.3) is 0 Å². The van der Waals surface area contributed by atoms with E-state index >= 15 is 0 Å². The lowest BCUT2D eigenvalue weighted by Gasteiger charge is -2.29. The fourth-order valence-corrected chi connectivity index (χ4v) is 3.67. The van der Waals surface area contributed by atoms with Gasteiger partial charge in [0.05, 0.1) is 32.9 Å². The summed E-state index contributed by atoms with van der Waals surface area (Å²) in [6.45, 7) is 4.27. The van der Waals surface area contributed by atoms with Crippen LogP contribution in [0.3, 0.4) is 0 Å². The van der Waals surface area contributed by atoms with E-state index in [4.69, 9.17) is 4.55 Å². The summed E-state index contributed by atoms with van der Waals surface area (Å²) in [5.41, 5.74) is 1.95. The fraction of sp³-hybridized carbons (Fsp3) is 0.667. The van der Waals surface area contributed by atoms with Gasteiger partial charge in [-0.15, -0.1) is 0 Å². The predicted molar refractivity (Wildman–Crippen MR) is 114 cm³/mol. The summed E-state index contributed by atoms with van der Waals surface area (Å²) in [7, 11) is 0.146. The van der Waals surface area contributed by atoms with Gasteiger partial charge in [-0.1, -0.05) is 38.3 Å². The number of hydrogen-bond acceptors (Lipinski definition) is 3. The monoisotopic (exact) mass is 413 g/mol. The smallest absolute Gasteiger partial charge is 0.265 e. The standard InChI is InChI=1S/C21H36N2O4S/c1-4-5-6-7-10-19-11-13-20(14-12-19)21(24)22-15-8-16-23(2,3)17-9-18-28(25,26)27/h11-14H,4-10,15-18H2,1-3H3,(H-,22,24,25,26,27)/p+1. The van der Waals surface area contributed by atoms with Gasteiger partial charge in [-0.05, 0) is 30.5 Å². The lowest BCUT2D eigenvalue weighted by atomic mass is 10.0. The van der Waals surface area contributed by atoms with E-state index in [0.29, 0.717) is 29.6 Å². The molecule has 0 aliphatic heterocycles. The number of rotatable bonds is 14. The summed E-state index contributed by atoms with van der Waals surface area (Å²) < 4.78 is 31.0. The molecular weight excluding hydrogens is 376 g/mol. The van der Waals surface area contributed by atoms with Gasteiger partial charge in [-0.25, -0.2) is 0 Å². The maximum Gasteiger partial charge on any atom is 0.265 e. The molecule has 0 aliphatic rings. The van der Waals surface area contributed by atoms with Crippen LogP contribution in [-0.2, 0) is 16.5 Å². The summed E-state index contributed by atoms with van der Waals surface area (Å²) in [6, 6.07) is 7.85. The number of nitrogens with one attached hydrogen (secondary N) is 1. The topological polar surface area (TPSA) is 83.5 Å². The van der Waals surface area contributed by atoms with Crippen molar-refractivity contribution in [2.24, 2.45) is 0 Å². The molecule has 0 saturated carbocycles. The molecule has 0 saturated heterocycles. The van der Waals surface area contributed by atoms with Gasteiger partial charge < -0.3 is 9.80 Å². The Labute approximate surface area is 170 Å². The molecule has 0 unspecified atom stereocenters. The first-order valence-electron chi connectivity index (χ1n) is 10.3. The third kappa shape index (κ3) is 11.4. The average Bonchev–Trinajstić information content (AvgIpc) is 2.61. The second-order valence-corrected chi connectivity index (χ2v) is 9.71. The Hall–Kier alpha value is -1.44. The van der Waals surface area contributed by atoms with Gasteiger partial charge in [0.15, 0.2) is 0 Å². The molecule has 0 radical (unpaired) electrons. The van der Waals surface area contributed by atoms with Crippen molar-refractivity contribution in [1.82, 2.24) is 5.32 Å². The summed E-state index contributed by atoms with van der Waals surface area (Å²) in [5, 5.41) is 2.95. The third-order valence-electron chi connectivity index (χ3n) is 4.93. The SMILES string of the molecule is CCCCCCc1ccc(C(=O)NCCC[N+](C)(C)CCCS(=O)(=O)O)cc1. The maximum atomic E-state index is 12.3. The molecule has 0 spiro atoms. The highest BCUT2D eigenvalue weighted by atomic mass is 32.2. The lowest BCUT2D eigenvalue weighted by Crippen LogP contribution is -2.43. The van der Waals surface area contributed by atoms with E-state index in [-0.39, 0.29) is 11.7 Å². The van der Waals surface area contributed by atoms with E-state index in [9.17, 15) is 13.2 Å². The van der Waals surface area contributed by atoms with E-state index in [1.54, 1.807) is 0 Å². The number of carbonyl (C=O) groups excluding carboxylic acids is 1. The number of carbonyl (C=O) groups is 1. The van der Waals surface area contributed by atoms with Gasteiger partial charge in [0.2, 0.25) is 0 Å². The minimum Gasteiger partial charge on any atom is -0.352 e. The molecule has 1 amide bonds. The zero-order valence-corrected chi connectivity index (χ0v) is 18.4. The van der Waals surface area contributed by atoms with Crippen LogP contribution in [0.4, 0.5) is 0 Å². The summed E-state index contributed by atoms with van der Waals surface area (Å²) in [4.78, 5) is 12.3. The summed E-state index contributed by atoms with van der Waals surface area (Å²) in [6.07, 6.45) is 7.24. The summed E-state index contributed by atoms with van der Waals surface area (Å²) in [5.74, 6) is -0.269. The van der Waals surface area contributed by atoms with Crippen LogP contribution in [-0.4, -0.2) is 62.8 Å². The van der Waals surface area contributed by atoms with Gasteiger partial charge >= 0.3 is 0 Å². The van der Waals surface area contributed by atoms with Crippen molar-refractivity contribution < 1.29 is 22.2 Å². The van der Waals surface area contributed by atoms with E-state index in [2.05, 4.69) is 12.2 Å². The molecule has 2 N–H and O–H groups in total. The maximum absolute atomic E-state index is 12.3. The number of aryl methyl sites for hydroxylation is 1. The second-order valence-electron chi connectivity index (χ2n) is 8.14. The molecule has 1 rings (SSSR count). The Morgan fingerprint density at radius 3 is 2.25 bits per heavy atom. The van der Waals surface area contributed by atoms with Crippen LogP contribution < -0.4 is 5.32 Å². The minimum atomic E-state index is -3.89. The zero-order chi connectivity index (χ0) is 21.0.